The molecule has 3 rings (SSSR count). The smallest absolute Gasteiger partial charge is 0.338 e. The number of nitrogens with two attached hydrogens (primary N) is 1. The van der Waals surface area contributed by atoms with Gasteiger partial charge in [0.1, 0.15) is 0 Å². The summed E-state index contributed by atoms with van der Waals surface area (Å²) in [6.45, 7) is 1.19. The molecule has 0 saturated carbocycles. The van der Waals surface area contributed by atoms with Crippen molar-refractivity contribution >= 4 is 32.5 Å². The molecule has 2 N–H and O–H groups in total. The fourth-order valence-corrected chi connectivity index (χ4v) is 3.19. The second-order valence-corrected chi connectivity index (χ2v) is 7.64. The maximum atomic E-state index is 12.3. The Morgan fingerprint density at radius 1 is 0.963 bits per heavy atom. The Morgan fingerprint density at radius 2 is 1.67 bits per heavy atom. The second kappa shape index (κ2) is 7.30. The van der Waals surface area contributed by atoms with Crippen molar-refractivity contribution in [1.82, 2.24) is 0 Å². The monoisotopic (exact) mass is 383 g/mol. The lowest BCUT2D eigenvalue weighted by molar-refractivity contribution is 0.0474. The van der Waals surface area contributed by atoms with Crippen molar-refractivity contribution in [1.29, 1.82) is 0 Å². The number of sulfonamides is 1. The highest BCUT2D eigenvalue weighted by molar-refractivity contribution is 7.89. The number of benzene rings is 3. The quantitative estimate of drug-likeness (QED) is 0.539. The Hall–Kier alpha value is -3.03. The van der Waals surface area contributed by atoms with Crippen LogP contribution < -0.4 is 5.14 Å². The van der Waals surface area contributed by atoms with E-state index in [1.54, 1.807) is 19.1 Å². The summed E-state index contributed by atoms with van der Waals surface area (Å²) in [6, 6.07) is 16.7. The summed E-state index contributed by atoms with van der Waals surface area (Å²) >= 11 is 0. The van der Waals surface area contributed by atoms with Gasteiger partial charge in [0.2, 0.25) is 10.0 Å². The average molecular weight is 383 g/mol. The molecule has 0 radical (unpaired) electrons. The molecule has 0 heterocycles. The van der Waals surface area contributed by atoms with E-state index in [4.69, 9.17) is 9.88 Å². The first-order valence-corrected chi connectivity index (χ1v) is 9.63. The van der Waals surface area contributed by atoms with Gasteiger partial charge in [0.25, 0.3) is 0 Å². The molecule has 0 spiro atoms. The molecule has 0 amide bonds. The van der Waals surface area contributed by atoms with Crippen LogP contribution in [-0.4, -0.2) is 26.8 Å². The third-order valence-electron chi connectivity index (χ3n) is 4.16. The predicted molar refractivity (Wildman–Crippen MR) is 101 cm³/mol. The molecule has 0 aliphatic rings. The van der Waals surface area contributed by atoms with E-state index in [-0.39, 0.29) is 16.2 Å². The molecule has 7 heteroatoms. The number of rotatable bonds is 5. The predicted octanol–water partition coefficient (Wildman–Crippen LogP) is 2.84. The molecule has 138 valence electrons. The van der Waals surface area contributed by atoms with Crippen LogP contribution in [0.1, 0.15) is 26.3 Å². The third kappa shape index (κ3) is 4.21. The van der Waals surface area contributed by atoms with E-state index in [0.29, 0.717) is 11.1 Å². The van der Waals surface area contributed by atoms with Gasteiger partial charge in [-0.3, -0.25) is 4.79 Å². The fraction of sp³-hybridized carbons (Fsp3) is 0.100. The molecule has 27 heavy (non-hydrogen) atoms. The molecule has 3 aromatic carbocycles. The van der Waals surface area contributed by atoms with Crippen LogP contribution in [0.4, 0.5) is 0 Å². The van der Waals surface area contributed by atoms with Gasteiger partial charge < -0.3 is 4.74 Å². The third-order valence-corrected chi connectivity index (χ3v) is 5.07. The number of Topliss-reactive ketones (excluding diaryl/α,β-unsaturated/α-hetero) is 1. The number of carbonyl (C=O) groups excluding carboxylic acids is 2. The highest BCUT2D eigenvalue weighted by atomic mass is 32.2. The topological polar surface area (TPSA) is 104 Å². The lowest BCUT2D eigenvalue weighted by atomic mass is 10.0. The molecular weight excluding hydrogens is 366 g/mol. The van der Waals surface area contributed by atoms with Crippen LogP contribution >= 0.6 is 0 Å². The Bertz CT molecular complexity index is 1150. The number of carbonyl (C=O) groups is 2. The molecule has 0 aliphatic carbocycles. The number of ether oxygens (including phenoxy) is 1. The van der Waals surface area contributed by atoms with Gasteiger partial charge in [-0.1, -0.05) is 42.5 Å². The van der Waals surface area contributed by atoms with Gasteiger partial charge in [-0.25, -0.2) is 18.4 Å². The number of fused-ring (bicyclic) bond motifs is 1. The first kappa shape index (κ1) is 18.8. The van der Waals surface area contributed by atoms with Gasteiger partial charge in [0.05, 0.1) is 10.5 Å². The van der Waals surface area contributed by atoms with Crippen molar-refractivity contribution in [3.05, 3.63) is 77.4 Å². The highest BCUT2D eigenvalue weighted by Crippen LogP contribution is 2.18. The highest BCUT2D eigenvalue weighted by Gasteiger charge is 2.17. The zero-order chi connectivity index (χ0) is 19.6. The van der Waals surface area contributed by atoms with Crippen LogP contribution in [0.2, 0.25) is 0 Å². The van der Waals surface area contributed by atoms with Gasteiger partial charge in [-0.2, -0.15) is 0 Å². The van der Waals surface area contributed by atoms with Crippen LogP contribution in [0, 0.1) is 6.92 Å². The minimum atomic E-state index is -3.95. The lowest BCUT2D eigenvalue weighted by Gasteiger charge is -2.09. The average Bonchev–Trinajstić information content (AvgIpc) is 2.64. The van der Waals surface area contributed by atoms with Crippen molar-refractivity contribution in [3.63, 3.8) is 0 Å². The van der Waals surface area contributed by atoms with Crippen molar-refractivity contribution in [2.24, 2.45) is 5.14 Å². The zero-order valence-corrected chi connectivity index (χ0v) is 15.3. The molecule has 3 aromatic rings. The molecule has 6 nitrogen and oxygen atoms in total. The Balaban J connectivity index is 1.76. The van der Waals surface area contributed by atoms with Crippen LogP contribution in [0.15, 0.2) is 65.6 Å². The number of aryl methyl sites for hydroxylation is 1. The van der Waals surface area contributed by atoms with E-state index >= 15 is 0 Å². The summed E-state index contributed by atoms with van der Waals surface area (Å²) in [6.07, 6.45) is 0. The van der Waals surface area contributed by atoms with Gasteiger partial charge in [0, 0.05) is 5.56 Å². The first-order chi connectivity index (χ1) is 12.8. The maximum absolute atomic E-state index is 12.3. The van der Waals surface area contributed by atoms with Gasteiger partial charge in [-0.15, -0.1) is 0 Å². The summed E-state index contributed by atoms with van der Waals surface area (Å²) in [7, 11) is -3.95. The molecule has 0 unspecified atom stereocenters. The fourth-order valence-electron chi connectivity index (χ4n) is 2.65. The van der Waals surface area contributed by atoms with E-state index in [0.717, 1.165) is 16.8 Å². The van der Waals surface area contributed by atoms with Gasteiger partial charge in [-0.05, 0) is 41.5 Å². The van der Waals surface area contributed by atoms with Gasteiger partial charge in [0.15, 0.2) is 12.4 Å². The van der Waals surface area contributed by atoms with E-state index in [1.807, 2.05) is 30.3 Å². The Kier molecular flexibility index (Phi) is 5.07. The summed E-state index contributed by atoms with van der Waals surface area (Å²) < 4.78 is 28.0. The van der Waals surface area contributed by atoms with Crippen molar-refractivity contribution in [3.8, 4) is 0 Å². The second-order valence-electron chi connectivity index (χ2n) is 6.08. The summed E-state index contributed by atoms with van der Waals surface area (Å²) in [5.74, 6) is -1.14. The summed E-state index contributed by atoms with van der Waals surface area (Å²) in [5.41, 5.74) is 0.995. The Labute approximate surface area is 156 Å². The van der Waals surface area contributed by atoms with Crippen molar-refractivity contribution in [2.75, 3.05) is 6.61 Å². The molecule has 0 aliphatic heterocycles. The number of primary sulfonamides is 1. The van der Waals surface area contributed by atoms with Crippen molar-refractivity contribution in [2.45, 2.75) is 11.8 Å². The van der Waals surface area contributed by atoms with Crippen LogP contribution in [0.3, 0.4) is 0 Å². The lowest BCUT2D eigenvalue weighted by Crippen LogP contribution is -2.17. The number of esters is 1. The van der Waals surface area contributed by atoms with Crippen LogP contribution in [0.5, 0.6) is 0 Å². The number of ketones is 1. The summed E-state index contributed by atoms with van der Waals surface area (Å²) in [4.78, 5) is 24.4. The molecule has 0 atom stereocenters. The molecule has 0 aromatic heterocycles. The number of hydrogen-bond donors (Lipinski definition) is 1. The summed E-state index contributed by atoms with van der Waals surface area (Å²) in [5, 5.41) is 7.00. The van der Waals surface area contributed by atoms with Crippen LogP contribution in [-0.2, 0) is 14.8 Å². The minimum absolute atomic E-state index is 0.0489. The first-order valence-electron chi connectivity index (χ1n) is 8.08. The minimum Gasteiger partial charge on any atom is -0.454 e. The van der Waals surface area contributed by atoms with Gasteiger partial charge >= 0.3 is 5.97 Å². The normalized spacial score (nSPS) is 11.3. The molecule has 0 saturated heterocycles. The van der Waals surface area contributed by atoms with E-state index in [1.165, 1.54) is 12.1 Å². The standard InChI is InChI=1S/C20H17NO5S/c1-13-6-9-17(27(21,24)25)11-18(13)20(23)26-12-19(22)16-8-7-14-4-2-3-5-15(14)10-16/h2-11H,12H2,1H3,(H2,21,24,25). The zero-order valence-electron chi connectivity index (χ0n) is 14.5. The van der Waals surface area contributed by atoms with E-state index in [2.05, 4.69) is 0 Å². The van der Waals surface area contributed by atoms with E-state index in [9.17, 15) is 18.0 Å². The SMILES string of the molecule is Cc1ccc(S(N)(=O)=O)cc1C(=O)OCC(=O)c1ccc2ccccc2c1. The number of hydrogen-bond acceptors (Lipinski definition) is 5. The molecule has 0 bridgehead atoms. The van der Waals surface area contributed by atoms with E-state index < -0.39 is 22.6 Å². The Morgan fingerprint density at radius 3 is 2.37 bits per heavy atom. The van der Waals surface area contributed by atoms with Crippen molar-refractivity contribution < 1.29 is 22.7 Å². The molecule has 0 fully saturated rings. The maximum Gasteiger partial charge on any atom is 0.338 e. The van der Waals surface area contributed by atoms with Crippen LogP contribution in [0.25, 0.3) is 10.8 Å². The molecular formula is C20H17NO5S. The largest absolute Gasteiger partial charge is 0.454 e.